The zero-order chi connectivity index (χ0) is 12.0. The van der Waals surface area contributed by atoms with Crippen LogP contribution in [0, 0.1) is 12.3 Å². The highest BCUT2D eigenvalue weighted by Gasteiger charge is 2.00. The number of aryl methyl sites for hydroxylation is 1. The number of rotatable bonds is 6. The molecule has 0 aromatic heterocycles. The lowest BCUT2D eigenvalue weighted by Gasteiger charge is -2.09. The van der Waals surface area contributed by atoms with Crippen LogP contribution in [0.25, 0.3) is 0 Å². The average molecular weight is 285 g/mol. The highest BCUT2D eigenvalue weighted by molar-refractivity contribution is 9.10. The van der Waals surface area contributed by atoms with E-state index in [1.54, 1.807) is 0 Å². The summed E-state index contributed by atoms with van der Waals surface area (Å²) in [5.74, 6) is 1.16. The van der Waals surface area contributed by atoms with Crippen LogP contribution < -0.4 is 10.5 Å². The van der Waals surface area contributed by atoms with Crippen molar-refractivity contribution in [3.63, 3.8) is 0 Å². The number of nitrogens with one attached hydrogen (secondary N) is 1. The van der Waals surface area contributed by atoms with Gasteiger partial charge in [-0.05, 0) is 37.5 Å². The van der Waals surface area contributed by atoms with Gasteiger partial charge in [-0.2, -0.15) is 0 Å². The van der Waals surface area contributed by atoms with Gasteiger partial charge in [0.1, 0.15) is 5.75 Å². The maximum atomic E-state index is 7.09. The molecular formula is C12H17BrN2O. The van der Waals surface area contributed by atoms with Crippen molar-refractivity contribution in [1.82, 2.24) is 0 Å². The first-order chi connectivity index (χ1) is 7.59. The zero-order valence-corrected chi connectivity index (χ0v) is 11.0. The van der Waals surface area contributed by atoms with E-state index in [9.17, 15) is 0 Å². The molecule has 0 unspecified atom stereocenters. The lowest BCUT2D eigenvalue weighted by molar-refractivity contribution is 0.305. The third kappa shape index (κ3) is 4.66. The predicted molar refractivity (Wildman–Crippen MR) is 70.1 cm³/mol. The van der Waals surface area contributed by atoms with E-state index in [0.29, 0.717) is 13.0 Å². The maximum Gasteiger partial charge on any atom is 0.123 e. The van der Waals surface area contributed by atoms with Crippen LogP contribution in [0.3, 0.4) is 0 Å². The normalized spacial score (nSPS) is 10.1. The summed E-state index contributed by atoms with van der Waals surface area (Å²) in [6.45, 7) is 2.70. The van der Waals surface area contributed by atoms with Crippen molar-refractivity contribution in [3.8, 4) is 5.75 Å². The van der Waals surface area contributed by atoms with Crippen LogP contribution in [-0.2, 0) is 0 Å². The fourth-order valence-electron chi connectivity index (χ4n) is 1.33. The third-order valence-electron chi connectivity index (χ3n) is 2.25. The van der Waals surface area contributed by atoms with Crippen LogP contribution in [0.15, 0.2) is 22.7 Å². The summed E-state index contributed by atoms with van der Waals surface area (Å²) in [6, 6.07) is 5.99. The van der Waals surface area contributed by atoms with E-state index >= 15 is 0 Å². The second-order valence-corrected chi connectivity index (χ2v) is 4.66. The maximum absolute atomic E-state index is 7.09. The van der Waals surface area contributed by atoms with Crippen LogP contribution in [-0.4, -0.2) is 12.4 Å². The van der Waals surface area contributed by atoms with E-state index in [1.165, 1.54) is 0 Å². The molecule has 0 saturated carbocycles. The van der Waals surface area contributed by atoms with E-state index in [2.05, 4.69) is 15.9 Å². The van der Waals surface area contributed by atoms with E-state index in [-0.39, 0.29) is 5.84 Å². The highest BCUT2D eigenvalue weighted by atomic mass is 79.9. The van der Waals surface area contributed by atoms with E-state index < -0.39 is 0 Å². The molecule has 1 aromatic rings. The van der Waals surface area contributed by atoms with Crippen molar-refractivity contribution in [2.24, 2.45) is 5.73 Å². The molecule has 16 heavy (non-hydrogen) atoms. The summed E-state index contributed by atoms with van der Waals surface area (Å²) < 4.78 is 6.68. The molecule has 0 aliphatic carbocycles. The smallest absolute Gasteiger partial charge is 0.123 e. The Morgan fingerprint density at radius 2 is 2.19 bits per heavy atom. The standard InChI is InChI=1S/C12H17BrN2O/c1-9-5-6-10(13)8-11(9)16-7-3-2-4-12(14)15/h5-6,8H,2-4,7H2,1H3,(H3,14,15). The molecule has 0 spiro atoms. The Kier molecular flexibility index (Phi) is 5.32. The molecule has 3 nitrogen and oxygen atoms in total. The molecule has 0 fully saturated rings. The van der Waals surface area contributed by atoms with Gasteiger partial charge in [0.15, 0.2) is 0 Å². The van der Waals surface area contributed by atoms with E-state index in [1.807, 2.05) is 25.1 Å². The molecule has 0 radical (unpaired) electrons. The Balaban J connectivity index is 2.31. The van der Waals surface area contributed by atoms with Crippen LogP contribution in [0.1, 0.15) is 24.8 Å². The van der Waals surface area contributed by atoms with E-state index in [4.69, 9.17) is 15.9 Å². The number of nitrogens with two attached hydrogens (primary N) is 1. The monoisotopic (exact) mass is 284 g/mol. The first-order valence-corrected chi connectivity index (χ1v) is 6.11. The van der Waals surface area contributed by atoms with Crippen molar-refractivity contribution in [1.29, 1.82) is 5.41 Å². The quantitative estimate of drug-likeness (QED) is 0.479. The molecule has 0 bridgehead atoms. The molecule has 0 saturated heterocycles. The van der Waals surface area contributed by atoms with Gasteiger partial charge in [0.25, 0.3) is 0 Å². The molecule has 0 aliphatic rings. The van der Waals surface area contributed by atoms with Gasteiger partial charge in [0.2, 0.25) is 0 Å². The van der Waals surface area contributed by atoms with Gasteiger partial charge in [-0.15, -0.1) is 0 Å². The Morgan fingerprint density at radius 3 is 2.88 bits per heavy atom. The summed E-state index contributed by atoms with van der Waals surface area (Å²) >= 11 is 3.41. The van der Waals surface area contributed by atoms with Crippen molar-refractivity contribution in [3.05, 3.63) is 28.2 Å². The number of halogens is 1. The van der Waals surface area contributed by atoms with Crippen LogP contribution in [0.4, 0.5) is 0 Å². The Labute approximate surface area is 105 Å². The lowest BCUT2D eigenvalue weighted by Crippen LogP contribution is -2.09. The third-order valence-corrected chi connectivity index (χ3v) is 2.74. The Bertz CT molecular complexity index is 366. The number of hydrogen-bond donors (Lipinski definition) is 2. The van der Waals surface area contributed by atoms with E-state index in [0.717, 1.165) is 28.6 Å². The summed E-state index contributed by atoms with van der Waals surface area (Å²) in [4.78, 5) is 0. The van der Waals surface area contributed by atoms with Gasteiger partial charge in [0.05, 0.1) is 12.4 Å². The minimum Gasteiger partial charge on any atom is -0.493 e. The van der Waals surface area contributed by atoms with Crippen LogP contribution in [0.2, 0.25) is 0 Å². The van der Waals surface area contributed by atoms with Gasteiger partial charge in [-0.1, -0.05) is 22.0 Å². The van der Waals surface area contributed by atoms with Gasteiger partial charge in [-0.25, -0.2) is 0 Å². The summed E-state index contributed by atoms with van der Waals surface area (Å²) in [5, 5.41) is 7.09. The summed E-state index contributed by atoms with van der Waals surface area (Å²) in [6.07, 6.45) is 2.48. The highest BCUT2D eigenvalue weighted by Crippen LogP contribution is 2.23. The first kappa shape index (κ1) is 13.0. The molecule has 0 amide bonds. The zero-order valence-electron chi connectivity index (χ0n) is 9.42. The molecule has 0 aliphatic heterocycles. The van der Waals surface area contributed by atoms with Gasteiger partial charge >= 0.3 is 0 Å². The van der Waals surface area contributed by atoms with Crippen LogP contribution >= 0.6 is 15.9 Å². The first-order valence-electron chi connectivity index (χ1n) is 5.31. The number of amidine groups is 1. The molecule has 1 aromatic carbocycles. The molecular weight excluding hydrogens is 268 g/mol. The van der Waals surface area contributed by atoms with Crippen molar-refractivity contribution in [2.75, 3.05) is 6.61 Å². The molecule has 88 valence electrons. The van der Waals surface area contributed by atoms with Crippen LogP contribution in [0.5, 0.6) is 5.75 Å². The molecule has 4 heteroatoms. The second kappa shape index (κ2) is 6.53. The summed E-state index contributed by atoms with van der Waals surface area (Å²) in [7, 11) is 0. The van der Waals surface area contributed by atoms with Crippen molar-refractivity contribution >= 4 is 21.8 Å². The van der Waals surface area contributed by atoms with Crippen molar-refractivity contribution < 1.29 is 4.74 Å². The Morgan fingerprint density at radius 1 is 1.44 bits per heavy atom. The molecule has 0 heterocycles. The number of hydrogen-bond acceptors (Lipinski definition) is 2. The lowest BCUT2D eigenvalue weighted by atomic mass is 10.2. The topological polar surface area (TPSA) is 59.1 Å². The summed E-state index contributed by atoms with van der Waals surface area (Å²) in [5.41, 5.74) is 6.40. The second-order valence-electron chi connectivity index (χ2n) is 3.74. The number of benzene rings is 1. The number of ether oxygens (including phenoxy) is 1. The fourth-order valence-corrected chi connectivity index (χ4v) is 1.67. The fraction of sp³-hybridized carbons (Fsp3) is 0.417. The SMILES string of the molecule is Cc1ccc(Br)cc1OCCCCC(=N)N. The number of unbranched alkanes of at least 4 members (excludes halogenated alkanes) is 1. The molecule has 3 N–H and O–H groups in total. The minimum absolute atomic E-state index is 0.249. The van der Waals surface area contributed by atoms with Gasteiger partial charge < -0.3 is 10.5 Å². The van der Waals surface area contributed by atoms with Gasteiger partial charge in [0, 0.05) is 10.9 Å². The largest absolute Gasteiger partial charge is 0.493 e. The van der Waals surface area contributed by atoms with Crippen molar-refractivity contribution in [2.45, 2.75) is 26.2 Å². The molecule has 0 atom stereocenters. The molecule has 1 rings (SSSR count). The minimum atomic E-state index is 0.249. The average Bonchev–Trinajstić information content (AvgIpc) is 2.22. The predicted octanol–water partition coefficient (Wildman–Crippen LogP) is 3.24. The van der Waals surface area contributed by atoms with Gasteiger partial charge in [-0.3, -0.25) is 5.41 Å². The Hall–Kier alpha value is -1.03.